The summed E-state index contributed by atoms with van der Waals surface area (Å²) < 4.78 is 29.9. The average Bonchev–Trinajstić information content (AvgIpc) is 3.30. The van der Waals surface area contributed by atoms with E-state index in [1.807, 2.05) is 31.2 Å². The van der Waals surface area contributed by atoms with Gasteiger partial charge in [-0.25, -0.2) is 18.3 Å². The van der Waals surface area contributed by atoms with E-state index in [9.17, 15) is 13.2 Å². The molecule has 1 aliphatic heterocycles. The molecule has 0 spiro atoms. The minimum atomic E-state index is -3.51. The van der Waals surface area contributed by atoms with E-state index in [1.165, 1.54) is 6.07 Å². The van der Waals surface area contributed by atoms with Crippen molar-refractivity contribution in [2.45, 2.75) is 24.0 Å². The molecular weight excluding hydrogens is 382 g/mol. The molecule has 1 fully saturated rings. The first kappa shape index (κ1) is 18.1. The number of aromatic nitrogens is 4. The number of carbonyl (C=O) groups excluding carboxylic acids is 1. The second-order valence-electron chi connectivity index (χ2n) is 6.58. The summed E-state index contributed by atoms with van der Waals surface area (Å²) in [5.74, 6) is 0.266. The van der Waals surface area contributed by atoms with Crippen LogP contribution in [0.4, 0.5) is 4.79 Å². The van der Waals surface area contributed by atoms with Crippen LogP contribution in [0.2, 0.25) is 0 Å². The number of sulfone groups is 1. The Hall–Kier alpha value is -3.27. The molecule has 2 N–H and O–H groups in total. The lowest BCUT2D eigenvalue weighted by atomic mass is 9.96. The highest BCUT2D eigenvalue weighted by atomic mass is 32.2. The van der Waals surface area contributed by atoms with Gasteiger partial charge in [0, 0.05) is 11.8 Å². The van der Waals surface area contributed by atoms with Crippen LogP contribution in [-0.4, -0.2) is 47.4 Å². The summed E-state index contributed by atoms with van der Waals surface area (Å²) in [5, 5.41) is 16.4. The van der Waals surface area contributed by atoms with Crippen molar-refractivity contribution >= 4 is 15.9 Å². The van der Waals surface area contributed by atoms with E-state index in [0.717, 1.165) is 17.4 Å². The molecule has 0 radical (unpaired) electrons. The van der Waals surface area contributed by atoms with Crippen LogP contribution in [0, 0.1) is 0 Å². The zero-order valence-corrected chi connectivity index (χ0v) is 15.9. The first-order chi connectivity index (χ1) is 13.3. The second kappa shape index (κ2) is 6.71. The van der Waals surface area contributed by atoms with Crippen molar-refractivity contribution in [3.05, 3.63) is 48.0 Å². The number of ether oxygens (including phenoxy) is 1. The molecule has 144 valence electrons. The highest BCUT2D eigenvalue weighted by molar-refractivity contribution is 7.90. The zero-order chi connectivity index (χ0) is 19.9. The predicted octanol–water partition coefficient (Wildman–Crippen LogP) is 2.11. The first-order valence-electron chi connectivity index (χ1n) is 8.49. The molecule has 0 saturated carbocycles. The van der Waals surface area contributed by atoms with Gasteiger partial charge in [0.1, 0.15) is 6.10 Å². The molecule has 1 aromatic heterocycles. The molecule has 0 unspecified atom stereocenters. The third kappa shape index (κ3) is 3.22. The van der Waals surface area contributed by atoms with Crippen molar-refractivity contribution in [2.24, 2.45) is 0 Å². The highest BCUT2D eigenvalue weighted by Gasteiger charge is 2.31. The van der Waals surface area contributed by atoms with Gasteiger partial charge in [-0.15, -0.1) is 5.10 Å². The Kier molecular flexibility index (Phi) is 4.34. The molecular formula is C18H17N5O4S. The number of cyclic esters (lactones) is 1. The Morgan fingerprint density at radius 3 is 2.43 bits per heavy atom. The maximum absolute atomic E-state index is 12.3. The maximum Gasteiger partial charge on any atom is 0.408 e. The van der Waals surface area contributed by atoms with Gasteiger partial charge in [-0.2, -0.15) is 0 Å². The van der Waals surface area contributed by atoms with Crippen LogP contribution in [0.3, 0.4) is 0 Å². The van der Waals surface area contributed by atoms with Crippen LogP contribution < -0.4 is 5.32 Å². The normalized spacial score (nSPS) is 19.3. The molecule has 9 nitrogen and oxygen atoms in total. The van der Waals surface area contributed by atoms with Crippen molar-refractivity contribution in [3.8, 4) is 22.5 Å². The van der Waals surface area contributed by atoms with E-state index in [0.29, 0.717) is 11.1 Å². The predicted molar refractivity (Wildman–Crippen MR) is 100.0 cm³/mol. The molecule has 28 heavy (non-hydrogen) atoms. The van der Waals surface area contributed by atoms with Crippen molar-refractivity contribution in [1.82, 2.24) is 25.9 Å². The second-order valence-corrected chi connectivity index (χ2v) is 8.57. The third-order valence-electron chi connectivity index (χ3n) is 4.59. The number of benzene rings is 2. The molecule has 4 rings (SSSR count). The SMILES string of the molecule is C[C@H]1NC(=O)O[C@H]1c1ccc(-c2cccc(S(C)(=O)=O)c2-c2nnn[nH]2)cc1. The quantitative estimate of drug-likeness (QED) is 0.688. The number of hydrogen-bond donors (Lipinski definition) is 2. The number of nitrogens with zero attached hydrogens (tertiary/aromatic N) is 3. The van der Waals surface area contributed by atoms with Gasteiger partial charge in [-0.1, -0.05) is 36.4 Å². The Labute approximate surface area is 161 Å². The van der Waals surface area contributed by atoms with Crippen molar-refractivity contribution in [1.29, 1.82) is 0 Å². The number of H-pyrrole nitrogens is 1. The summed E-state index contributed by atoms with van der Waals surface area (Å²) in [6.45, 7) is 1.87. The summed E-state index contributed by atoms with van der Waals surface area (Å²) in [4.78, 5) is 11.6. The number of hydrogen-bond acceptors (Lipinski definition) is 7. The van der Waals surface area contributed by atoms with E-state index in [1.54, 1.807) is 12.1 Å². The number of rotatable bonds is 4. The van der Waals surface area contributed by atoms with Gasteiger partial charge in [0.05, 0.1) is 10.9 Å². The van der Waals surface area contributed by atoms with Gasteiger partial charge in [-0.05, 0) is 40.1 Å². The number of alkyl carbamates (subject to hydrolysis) is 1. The summed E-state index contributed by atoms with van der Waals surface area (Å²) in [5.41, 5.74) is 2.70. The maximum atomic E-state index is 12.3. The van der Waals surface area contributed by atoms with E-state index < -0.39 is 15.9 Å². The Bertz CT molecular complexity index is 1130. The molecule has 2 heterocycles. The fourth-order valence-corrected chi connectivity index (χ4v) is 4.22. The largest absolute Gasteiger partial charge is 0.439 e. The molecule has 3 aromatic rings. The van der Waals surface area contributed by atoms with Gasteiger partial charge in [-0.3, -0.25) is 0 Å². The number of nitrogens with one attached hydrogen (secondary N) is 2. The highest BCUT2D eigenvalue weighted by Crippen LogP contribution is 2.36. The van der Waals surface area contributed by atoms with Crippen LogP contribution >= 0.6 is 0 Å². The Balaban J connectivity index is 1.81. The fourth-order valence-electron chi connectivity index (χ4n) is 3.31. The van der Waals surface area contributed by atoms with Crippen LogP contribution in [0.5, 0.6) is 0 Å². The van der Waals surface area contributed by atoms with Crippen LogP contribution in [0.15, 0.2) is 47.4 Å². The van der Waals surface area contributed by atoms with Gasteiger partial charge in [0.15, 0.2) is 15.7 Å². The molecule has 10 heteroatoms. The Morgan fingerprint density at radius 1 is 1.11 bits per heavy atom. The van der Waals surface area contributed by atoms with Crippen LogP contribution in [0.1, 0.15) is 18.6 Å². The summed E-state index contributed by atoms with van der Waals surface area (Å²) >= 11 is 0. The Morgan fingerprint density at radius 2 is 1.86 bits per heavy atom. The molecule has 0 aliphatic carbocycles. The third-order valence-corrected chi connectivity index (χ3v) is 5.73. The van der Waals surface area contributed by atoms with Crippen molar-refractivity contribution < 1.29 is 17.9 Å². The number of aromatic amines is 1. The molecule has 0 bridgehead atoms. The molecule has 1 amide bonds. The van der Waals surface area contributed by atoms with Gasteiger partial charge >= 0.3 is 6.09 Å². The molecule has 2 aromatic carbocycles. The number of carbonyl (C=O) groups is 1. The fraction of sp³-hybridized carbons (Fsp3) is 0.222. The van der Waals surface area contributed by atoms with E-state index >= 15 is 0 Å². The number of amides is 1. The van der Waals surface area contributed by atoms with E-state index in [2.05, 4.69) is 25.9 Å². The van der Waals surface area contributed by atoms with Gasteiger partial charge in [0.2, 0.25) is 0 Å². The summed E-state index contributed by atoms with van der Waals surface area (Å²) in [6.07, 6.45) is 0.329. The van der Waals surface area contributed by atoms with Crippen molar-refractivity contribution in [2.75, 3.05) is 6.26 Å². The number of tetrazole rings is 1. The van der Waals surface area contributed by atoms with E-state index in [-0.39, 0.29) is 22.9 Å². The summed E-state index contributed by atoms with van der Waals surface area (Å²) in [7, 11) is -3.51. The lowest BCUT2D eigenvalue weighted by molar-refractivity contribution is 0.134. The van der Waals surface area contributed by atoms with E-state index in [4.69, 9.17) is 4.74 Å². The zero-order valence-electron chi connectivity index (χ0n) is 15.1. The lowest BCUT2D eigenvalue weighted by Crippen LogP contribution is -2.23. The topological polar surface area (TPSA) is 127 Å². The lowest BCUT2D eigenvalue weighted by Gasteiger charge is -2.15. The molecule has 1 saturated heterocycles. The molecule has 2 atom stereocenters. The monoisotopic (exact) mass is 399 g/mol. The van der Waals surface area contributed by atoms with Crippen molar-refractivity contribution in [3.63, 3.8) is 0 Å². The smallest absolute Gasteiger partial charge is 0.408 e. The van der Waals surface area contributed by atoms with Gasteiger partial charge < -0.3 is 10.1 Å². The minimum absolute atomic E-state index is 0.134. The first-order valence-corrected chi connectivity index (χ1v) is 10.4. The average molecular weight is 399 g/mol. The standard InChI is InChI=1S/C18H17N5O4S/c1-10-16(27-18(24)19-10)12-8-6-11(7-9-12)13-4-3-5-14(28(2,25)26)15(13)17-20-22-23-21-17/h3-10,16H,1-2H3,(H,19,24)(H,20,21,22,23)/t10-,16-/m1/s1. The molecule has 1 aliphatic rings. The van der Waals surface area contributed by atoms with Crippen LogP contribution in [-0.2, 0) is 14.6 Å². The van der Waals surface area contributed by atoms with Crippen LogP contribution in [0.25, 0.3) is 22.5 Å². The van der Waals surface area contributed by atoms with Gasteiger partial charge in [0.25, 0.3) is 0 Å². The summed E-state index contributed by atoms with van der Waals surface area (Å²) in [6, 6.07) is 12.3. The minimum Gasteiger partial charge on any atom is -0.439 e.